The number of hydrogen-bond donors (Lipinski definition) is 2. The average Bonchev–Trinajstić information content (AvgIpc) is 2.43. The van der Waals surface area contributed by atoms with Crippen LogP contribution in [-0.4, -0.2) is 10.9 Å². The molecule has 0 saturated heterocycles. The predicted molar refractivity (Wildman–Crippen MR) is 82.5 cm³/mol. The minimum atomic E-state index is -0.618. The molecule has 5 nitrogen and oxygen atoms in total. The van der Waals surface area contributed by atoms with Crippen LogP contribution in [-0.2, 0) is 0 Å². The maximum absolute atomic E-state index is 11.2. The number of hydrogen-bond acceptors (Lipinski definition) is 4. The highest BCUT2D eigenvalue weighted by Crippen LogP contribution is 2.30. The lowest BCUT2D eigenvalue weighted by Crippen LogP contribution is -2.13. The van der Waals surface area contributed by atoms with Gasteiger partial charge in [0.15, 0.2) is 0 Å². The van der Waals surface area contributed by atoms with Crippen LogP contribution in [0.25, 0.3) is 0 Å². The molecule has 0 bridgehead atoms. The number of pyridine rings is 1. The molecular formula is C16H19N3O2. The van der Waals surface area contributed by atoms with E-state index in [2.05, 4.69) is 24.9 Å². The number of nitrogens with two attached hydrogens (primary N) is 2. The third-order valence-electron chi connectivity index (χ3n) is 3.23. The Morgan fingerprint density at radius 1 is 1.24 bits per heavy atom. The van der Waals surface area contributed by atoms with Crippen LogP contribution in [0.2, 0.25) is 0 Å². The van der Waals surface area contributed by atoms with Crippen LogP contribution in [0, 0.1) is 6.92 Å². The van der Waals surface area contributed by atoms with Crippen molar-refractivity contribution in [3.05, 3.63) is 47.2 Å². The summed E-state index contributed by atoms with van der Waals surface area (Å²) in [6.07, 6.45) is 0. The summed E-state index contributed by atoms with van der Waals surface area (Å²) in [4.78, 5) is 15.3. The molecule has 110 valence electrons. The molecule has 4 N–H and O–H groups in total. The maximum Gasteiger partial charge on any atom is 0.267 e. The normalized spacial score (nSPS) is 10.7. The summed E-state index contributed by atoms with van der Waals surface area (Å²) < 4.78 is 5.78. The van der Waals surface area contributed by atoms with Gasteiger partial charge in [-0.3, -0.25) is 4.79 Å². The Bertz CT molecular complexity index is 681. The van der Waals surface area contributed by atoms with Crippen molar-refractivity contribution in [2.24, 2.45) is 5.73 Å². The second-order valence-electron chi connectivity index (χ2n) is 5.24. The molecule has 0 aliphatic carbocycles. The van der Waals surface area contributed by atoms with Crippen LogP contribution in [0.4, 0.5) is 5.69 Å². The van der Waals surface area contributed by atoms with Crippen LogP contribution >= 0.6 is 0 Å². The summed E-state index contributed by atoms with van der Waals surface area (Å²) in [6.45, 7) is 6.15. The van der Waals surface area contributed by atoms with E-state index in [0.717, 1.165) is 11.1 Å². The maximum atomic E-state index is 11.2. The number of aromatic nitrogens is 1. The highest BCUT2D eigenvalue weighted by Gasteiger charge is 2.11. The Morgan fingerprint density at radius 3 is 2.57 bits per heavy atom. The topological polar surface area (TPSA) is 91.2 Å². The van der Waals surface area contributed by atoms with Crippen molar-refractivity contribution in [2.45, 2.75) is 26.7 Å². The number of anilines is 1. The monoisotopic (exact) mass is 285 g/mol. The van der Waals surface area contributed by atoms with E-state index < -0.39 is 5.91 Å². The molecule has 2 aromatic rings. The van der Waals surface area contributed by atoms with Gasteiger partial charge in [-0.25, -0.2) is 4.98 Å². The fourth-order valence-corrected chi connectivity index (χ4v) is 1.86. The van der Waals surface area contributed by atoms with Gasteiger partial charge in [0, 0.05) is 0 Å². The molecule has 1 aromatic heterocycles. The first-order valence-electron chi connectivity index (χ1n) is 6.73. The number of nitrogen functional groups attached to an aromatic ring is 1. The van der Waals surface area contributed by atoms with Gasteiger partial charge >= 0.3 is 0 Å². The molecule has 1 heterocycles. The van der Waals surface area contributed by atoms with Gasteiger partial charge < -0.3 is 16.2 Å². The Kier molecular flexibility index (Phi) is 4.12. The molecular weight excluding hydrogens is 266 g/mol. The highest BCUT2D eigenvalue weighted by atomic mass is 16.5. The lowest BCUT2D eigenvalue weighted by atomic mass is 10.0. The quantitative estimate of drug-likeness (QED) is 0.903. The zero-order chi connectivity index (χ0) is 15.6. The van der Waals surface area contributed by atoms with Crippen LogP contribution in [0.5, 0.6) is 11.6 Å². The van der Waals surface area contributed by atoms with E-state index in [1.807, 2.05) is 19.1 Å². The van der Waals surface area contributed by atoms with E-state index in [0.29, 0.717) is 17.4 Å². The van der Waals surface area contributed by atoms with Crippen molar-refractivity contribution in [1.29, 1.82) is 0 Å². The summed E-state index contributed by atoms with van der Waals surface area (Å²) in [6, 6.07) is 9.03. The van der Waals surface area contributed by atoms with E-state index in [1.54, 1.807) is 6.07 Å². The second-order valence-corrected chi connectivity index (χ2v) is 5.24. The van der Waals surface area contributed by atoms with Crippen molar-refractivity contribution in [3.63, 3.8) is 0 Å². The summed E-state index contributed by atoms with van der Waals surface area (Å²) in [7, 11) is 0. The van der Waals surface area contributed by atoms with Gasteiger partial charge in [0.25, 0.3) is 5.91 Å². The SMILES string of the molecule is Cc1ccc(C(C)C)cc1Oc1nc(C(N)=O)ccc1N. The summed E-state index contributed by atoms with van der Waals surface area (Å²) >= 11 is 0. The van der Waals surface area contributed by atoms with Gasteiger partial charge in [0.2, 0.25) is 5.88 Å². The molecule has 0 saturated carbocycles. The molecule has 0 fully saturated rings. The van der Waals surface area contributed by atoms with Crippen LogP contribution in [0.15, 0.2) is 30.3 Å². The minimum Gasteiger partial charge on any atom is -0.437 e. The fraction of sp³-hybridized carbons (Fsp3) is 0.250. The van der Waals surface area contributed by atoms with Crippen molar-refractivity contribution in [2.75, 3.05) is 5.73 Å². The fourth-order valence-electron chi connectivity index (χ4n) is 1.86. The average molecular weight is 285 g/mol. The number of carbonyl (C=O) groups is 1. The van der Waals surface area contributed by atoms with Crippen molar-refractivity contribution in [1.82, 2.24) is 4.98 Å². The van der Waals surface area contributed by atoms with E-state index in [9.17, 15) is 4.79 Å². The Morgan fingerprint density at radius 2 is 1.95 bits per heavy atom. The number of ether oxygens (including phenoxy) is 1. The molecule has 1 amide bonds. The first kappa shape index (κ1) is 14.8. The molecule has 1 aromatic carbocycles. The van der Waals surface area contributed by atoms with E-state index in [1.165, 1.54) is 6.07 Å². The zero-order valence-corrected chi connectivity index (χ0v) is 12.4. The number of rotatable bonds is 4. The molecule has 2 rings (SSSR count). The molecule has 0 aliphatic rings. The lowest BCUT2D eigenvalue weighted by molar-refractivity contribution is 0.0995. The van der Waals surface area contributed by atoms with Gasteiger partial charge in [0.1, 0.15) is 11.4 Å². The zero-order valence-electron chi connectivity index (χ0n) is 12.4. The van der Waals surface area contributed by atoms with Crippen molar-refractivity contribution < 1.29 is 9.53 Å². The molecule has 0 radical (unpaired) electrons. The van der Waals surface area contributed by atoms with E-state index in [4.69, 9.17) is 16.2 Å². The summed E-state index contributed by atoms with van der Waals surface area (Å²) in [5.41, 5.74) is 13.7. The van der Waals surface area contributed by atoms with E-state index >= 15 is 0 Å². The first-order chi connectivity index (χ1) is 9.88. The van der Waals surface area contributed by atoms with Gasteiger partial charge in [-0.15, -0.1) is 0 Å². The molecule has 0 spiro atoms. The molecule has 5 heteroatoms. The van der Waals surface area contributed by atoms with Gasteiger partial charge in [0.05, 0.1) is 5.69 Å². The number of benzene rings is 1. The Balaban J connectivity index is 2.40. The van der Waals surface area contributed by atoms with Crippen LogP contribution in [0.3, 0.4) is 0 Å². The standard InChI is InChI=1S/C16H19N3O2/c1-9(2)11-5-4-10(3)14(8-11)21-16-12(17)6-7-13(19-16)15(18)20/h4-9H,17H2,1-3H3,(H2,18,20). The number of nitrogens with zero attached hydrogens (tertiary/aromatic N) is 1. The Labute approximate surface area is 123 Å². The Hall–Kier alpha value is -2.56. The van der Waals surface area contributed by atoms with Crippen LogP contribution in [0.1, 0.15) is 41.4 Å². The van der Waals surface area contributed by atoms with Crippen LogP contribution < -0.4 is 16.2 Å². The lowest BCUT2D eigenvalue weighted by Gasteiger charge is -2.13. The number of carbonyl (C=O) groups excluding carboxylic acids is 1. The molecule has 21 heavy (non-hydrogen) atoms. The van der Waals surface area contributed by atoms with Gasteiger partial charge in [-0.2, -0.15) is 0 Å². The molecule has 0 unspecified atom stereocenters. The number of amides is 1. The molecule has 0 aliphatic heterocycles. The van der Waals surface area contributed by atoms with Crippen molar-refractivity contribution in [3.8, 4) is 11.6 Å². The first-order valence-corrected chi connectivity index (χ1v) is 6.73. The summed E-state index contributed by atoms with van der Waals surface area (Å²) in [5, 5.41) is 0. The van der Waals surface area contributed by atoms with E-state index in [-0.39, 0.29) is 11.6 Å². The summed E-state index contributed by atoms with van der Waals surface area (Å²) in [5.74, 6) is 0.625. The predicted octanol–water partition coefficient (Wildman–Crippen LogP) is 2.99. The van der Waals surface area contributed by atoms with Gasteiger partial charge in [-0.1, -0.05) is 26.0 Å². The minimum absolute atomic E-state index is 0.122. The largest absolute Gasteiger partial charge is 0.437 e. The number of primary amides is 1. The second kappa shape index (κ2) is 5.83. The molecule has 0 atom stereocenters. The third-order valence-corrected chi connectivity index (χ3v) is 3.23. The van der Waals surface area contributed by atoms with Gasteiger partial charge in [-0.05, 0) is 42.2 Å². The highest BCUT2D eigenvalue weighted by molar-refractivity contribution is 5.91. The number of aryl methyl sites for hydroxylation is 1. The third kappa shape index (κ3) is 3.31. The smallest absolute Gasteiger partial charge is 0.267 e. The van der Waals surface area contributed by atoms with Crippen molar-refractivity contribution >= 4 is 11.6 Å².